The number of hydrogen-bond acceptors (Lipinski definition) is 3. The van der Waals surface area contributed by atoms with Gasteiger partial charge in [-0.2, -0.15) is 0 Å². The fraction of sp³-hybridized carbons (Fsp3) is 0.286. The van der Waals surface area contributed by atoms with Crippen molar-refractivity contribution in [2.45, 2.75) is 18.6 Å². The van der Waals surface area contributed by atoms with Gasteiger partial charge in [0.05, 0.1) is 6.10 Å². The van der Waals surface area contributed by atoms with Crippen LogP contribution >= 0.6 is 0 Å². The van der Waals surface area contributed by atoms with Crippen molar-refractivity contribution in [3.8, 4) is 0 Å². The van der Waals surface area contributed by atoms with Gasteiger partial charge in [0.15, 0.2) is 0 Å². The number of nitrogens with one attached hydrogen (secondary N) is 1. The molecule has 3 rings (SSSR count). The number of aliphatic carboxylic acids is 1. The summed E-state index contributed by atoms with van der Waals surface area (Å²) in [5.41, 5.74) is 1.24. The Kier molecular flexibility index (Phi) is 2.94. The third kappa shape index (κ3) is 2.04. The van der Waals surface area contributed by atoms with E-state index in [1.807, 2.05) is 6.07 Å². The van der Waals surface area contributed by atoms with Crippen molar-refractivity contribution in [3.05, 3.63) is 36.0 Å². The minimum Gasteiger partial charge on any atom is -0.480 e. The highest BCUT2D eigenvalue weighted by molar-refractivity contribution is 5.99. The molecule has 3 N–H and O–H groups in total. The molecule has 0 saturated carbocycles. The van der Waals surface area contributed by atoms with Gasteiger partial charge in [0.2, 0.25) is 0 Å². The second-order valence-electron chi connectivity index (χ2n) is 4.98. The summed E-state index contributed by atoms with van der Waals surface area (Å²) >= 11 is 0. The molecule has 0 radical (unpaired) electrons. The maximum Gasteiger partial charge on any atom is 0.326 e. The predicted molar refractivity (Wildman–Crippen MR) is 71.4 cm³/mol. The van der Waals surface area contributed by atoms with Gasteiger partial charge in [0, 0.05) is 30.2 Å². The maximum atomic E-state index is 12.4. The van der Waals surface area contributed by atoms with Crippen molar-refractivity contribution >= 4 is 22.8 Å². The molecule has 0 aliphatic carbocycles. The molecule has 20 heavy (non-hydrogen) atoms. The Balaban J connectivity index is 1.92. The van der Waals surface area contributed by atoms with Gasteiger partial charge < -0.3 is 20.1 Å². The van der Waals surface area contributed by atoms with E-state index in [0.29, 0.717) is 5.56 Å². The van der Waals surface area contributed by atoms with Gasteiger partial charge in [-0.05, 0) is 23.6 Å². The summed E-state index contributed by atoms with van der Waals surface area (Å²) in [5, 5.41) is 19.7. The summed E-state index contributed by atoms with van der Waals surface area (Å²) in [6.07, 6.45) is 1.07. The predicted octanol–water partition coefficient (Wildman–Crippen LogP) is 0.828. The van der Waals surface area contributed by atoms with E-state index in [0.717, 1.165) is 10.9 Å². The molecule has 2 aromatic rings. The topological polar surface area (TPSA) is 93.6 Å². The number of hydrogen-bond donors (Lipinski definition) is 3. The van der Waals surface area contributed by atoms with Crippen molar-refractivity contribution in [3.63, 3.8) is 0 Å². The standard InChI is InChI=1S/C14H14N2O4/c17-10-6-12(14(19)20)16(7-10)13(18)9-2-1-8-3-4-15-11(8)5-9/h1-5,10,12,15,17H,6-7H2,(H,19,20)/t10-,12-/m1/s1. The number of carbonyl (C=O) groups is 2. The van der Waals surface area contributed by atoms with E-state index in [9.17, 15) is 14.7 Å². The summed E-state index contributed by atoms with van der Waals surface area (Å²) in [6, 6.07) is 6.10. The zero-order valence-corrected chi connectivity index (χ0v) is 10.6. The van der Waals surface area contributed by atoms with Crippen molar-refractivity contribution in [1.29, 1.82) is 0 Å². The average Bonchev–Trinajstić information content (AvgIpc) is 3.02. The number of rotatable bonds is 2. The van der Waals surface area contributed by atoms with Gasteiger partial charge in [-0.25, -0.2) is 4.79 Å². The number of aromatic nitrogens is 1. The molecule has 0 bridgehead atoms. The van der Waals surface area contributed by atoms with Crippen LogP contribution in [0.15, 0.2) is 30.5 Å². The number of β-amino-alcohol motifs (C(OH)–C–C–N with tert-alkyl or cyclic N) is 1. The molecular formula is C14H14N2O4. The van der Waals surface area contributed by atoms with Crippen LogP contribution < -0.4 is 0 Å². The molecule has 104 valence electrons. The molecule has 2 atom stereocenters. The van der Waals surface area contributed by atoms with Gasteiger partial charge in [-0.15, -0.1) is 0 Å². The number of carboxylic acids is 1. The zero-order chi connectivity index (χ0) is 14.3. The minimum absolute atomic E-state index is 0.0541. The quantitative estimate of drug-likeness (QED) is 0.756. The van der Waals surface area contributed by atoms with E-state index >= 15 is 0 Å². The average molecular weight is 274 g/mol. The van der Waals surface area contributed by atoms with Crippen LogP contribution in [0.5, 0.6) is 0 Å². The van der Waals surface area contributed by atoms with E-state index in [-0.39, 0.29) is 18.9 Å². The fourth-order valence-electron chi connectivity index (χ4n) is 2.62. The third-order valence-electron chi connectivity index (χ3n) is 3.63. The van der Waals surface area contributed by atoms with E-state index in [1.54, 1.807) is 24.4 Å². The first-order valence-corrected chi connectivity index (χ1v) is 6.35. The fourth-order valence-corrected chi connectivity index (χ4v) is 2.62. The number of nitrogens with zero attached hydrogens (tertiary/aromatic N) is 1. The number of carboxylic acid groups (broad SMARTS) is 1. The van der Waals surface area contributed by atoms with E-state index < -0.39 is 18.1 Å². The third-order valence-corrected chi connectivity index (χ3v) is 3.63. The van der Waals surface area contributed by atoms with Crippen LogP contribution in [-0.4, -0.2) is 50.7 Å². The van der Waals surface area contributed by atoms with Gasteiger partial charge in [-0.1, -0.05) is 6.07 Å². The normalized spacial score (nSPS) is 22.4. The Morgan fingerprint density at radius 3 is 2.85 bits per heavy atom. The lowest BCUT2D eigenvalue weighted by Gasteiger charge is -2.21. The molecule has 6 heteroatoms. The second-order valence-corrected chi connectivity index (χ2v) is 4.98. The highest BCUT2D eigenvalue weighted by atomic mass is 16.4. The first-order valence-electron chi connectivity index (χ1n) is 6.35. The lowest BCUT2D eigenvalue weighted by Crippen LogP contribution is -2.40. The Bertz CT molecular complexity index is 679. The van der Waals surface area contributed by atoms with Gasteiger partial charge >= 0.3 is 5.97 Å². The molecule has 1 fully saturated rings. The molecular weight excluding hydrogens is 260 g/mol. The van der Waals surface area contributed by atoms with Crippen molar-refractivity contribution in [2.24, 2.45) is 0 Å². The number of aromatic amines is 1. The summed E-state index contributed by atoms with van der Waals surface area (Å²) < 4.78 is 0. The number of fused-ring (bicyclic) bond motifs is 1. The Morgan fingerprint density at radius 2 is 2.10 bits per heavy atom. The number of amides is 1. The van der Waals surface area contributed by atoms with Crippen LogP contribution in [0.4, 0.5) is 0 Å². The van der Waals surface area contributed by atoms with Crippen LogP contribution in [-0.2, 0) is 4.79 Å². The molecule has 1 amide bonds. The highest BCUT2D eigenvalue weighted by Gasteiger charge is 2.39. The largest absolute Gasteiger partial charge is 0.480 e. The summed E-state index contributed by atoms with van der Waals surface area (Å²) in [4.78, 5) is 27.8. The van der Waals surface area contributed by atoms with Crippen LogP contribution in [0, 0.1) is 0 Å². The Hall–Kier alpha value is -2.34. The number of aliphatic hydroxyl groups is 1. The SMILES string of the molecule is O=C(O)[C@H]1C[C@@H](O)CN1C(=O)c1ccc2cc[nH]c2c1. The summed E-state index contributed by atoms with van der Waals surface area (Å²) in [5.74, 6) is -1.46. The smallest absolute Gasteiger partial charge is 0.326 e. The lowest BCUT2D eigenvalue weighted by molar-refractivity contribution is -0.141. The van der Waals surface area contributed by atoms with E-state index in [4.69, 9.17) is 5.11 Å². The van der Waals surface area contributed by atoms with Crippen molar-refractivity contribution < 1.29 is 19.8 Å². The maximum absolute atomic E-state index is 12.4. The summed E-state index contributed by atoms with van der Waals surface area (Å²) in [7, 11) is 0. The highest BCUT2D eigenvalue weighted by Crippen LogP contribution is 2.22. The van der Waals surface area contributed by atoms with Crippen LogP contribution in [0.2, 0.25) is 0 Å². The number of H-pyrrole nitrogens is 1. The molecule has 1 aliphatic rings. The lowest BCUT2D eigenvalue weighted by atomic mass is 10.1. The Labute approximate surface area is 114 Å². The number of aliphatic hydroxyl groups excluding tert-OH is 1. The first kappa shape index (κ1) is 12.7. The van der Waals surface area contributed by atoms with E-state index in [2.05, 4.69) is 4.98 Å². The zero-order valence-electron chi connectivity index (χ0n) is 10.6. The second kappa shape index (κ2) is 4.64. The molecule has 1 aromatic carbocycles. The molecule has 1 aromatic heterocycles. The van der Waals surface area contributed by atoms with Crippen LogP contribution in [0.1, 0.15) is 16.8 Å². The number of carbonyl (C=O) groups excluding carboxylic acids is 1. The minimum atomic E-state index is -1.09. The first-order chi connectivity index (χ1) is 9.56. The van der Waals surface area contributed by atoms with Crippen LogP contribution in [0.3, 0.4) is 0 Å². The summed E-state index contributed by atoms with van der Waals surface area (Å²) in [6.45, 7) is 0.0541. The number of benzene rings is 1. The van der Waals surface area contributed by atoms with E-state index in [1.165, 1.54) is 4.90 Å². The number of likely N-dealkylation sites (tertiary alicyclic amines) is 1. The molecule has 6 nitrogen and oxygen atoms in total. The van der Waals surface area contributed by atoms with Gasteiger partial charge in [-0.3, -0.25) is 4.79 Å². The molecule has 0 spiro atoms. The Morgan fingerprint density at radius 1 is 1.30 bits per heavy atom. The molecule has 2 heterocycles. The van der Waals surface area contributed by atoms with Crippen LogP contribution in [0.25, 0.3) is 10.9 Å². The molecule has 1 saturated heterocycles. The van der Waals surface area contributed by atoms with Crippen molar-refractivity contribution in [1.82, 2.24) is 9.88 Å². The van der Waals surface area contributed by atoms with Gasteiger partial charge in [0.1, 0.15) is 6.04 Å². The van der Waals surface area contributed by atoms with Gasteiger partial charge in [0.25, 0.3) is 5.91 Å². The molecule has 1 aliphatic heterocycles. The molecule has 0 unspecified atom stereocenters. The van der Waals surface area contributed by atoms with Crippen molar-refractivity contribution in [2.75, 3.05) is 6.54 Å². The monoisotopic (exact) mass is 274 g/mol.